The second kappa shape index (κ2) is 9.06. The van der Waals surface area contributed by atoms with Crippen LogP contribution in [0.1, 0.15) is 12.0 Å². The lowest BCUT2D eigenvalue weighted by Gasteiger charge is -2.10. The van der Waals surface area contributed by atoms with Crippen LogP contribution in [0.15, 0.2) is 54.7 Å². The Bertz CT molecular complexity index is 842. The number of rotatable bonds is 8. The van der Waals surface area contributed by atoms with Crippen molar-refractivity contribution in [1.82, 2.24) is 9.97 Å². The van der Waals surface area contributed by atoms with E-state index in [0.29, 0.717) is 16.8 Å². The molecule has 3 rings (SSSR count). The second-order valence-electron chi connectivity index (χ2n) is 5.69. The van der Waals surface area contributed by atoms with E-state index in [-0.39, 0.29) is 0 Å². The van der Waals surface area contributed by atoms with Gasteiger partial charge >= 0.3 is 0 Å². The van der Waals surface area contributed by atoms with Gasteiger partial charge in [-0.15, -0.1) is 0 Å². The molecule has 0 amide bonds. The predicted molar refractivity (Wildman–Crippen MR) is 105 cm³/mol. The molecule has 0 bridgehead atoms. The van der Waals surface area contributed by atoms with E-state index in [0.717, 1.165) is 30.8 Å². The van der Waals surface area contributed by atoms with Crippen molar-refractivity contribution in [3.05, 3.63) is 71.4 Å². The van der Waals surface area contributed by atoms with E-state index in [1.54, 1.807) is 13.3 Å². The summed E-state index contributed by atoms with van der Waals surface area (Å²) in [6.45, 7) is 0.756. The first-order valence-electron chi connectivity index (χ1n) is 8.37. The molecular weight excluding hydrogens is 348 g/mol. The van der Waals surface area contributed by atoms with E-state index in [1.807, 2.05) is 36.4 Å². The number of hydrogen-bond donors (Lipinski definition) is 2. The number of hydrogen-bond acceptors (Lipinski definition) is 5. The Hall–Kier alpha value is -2.79. The van der Waals surface area contributed by atoms with Crippen molar-refractivity contribution in [2.24, 2.45) is 0 Å². The molecule has 1 heterocycles. The van der Waals surface area contributed by atoms with Crippen LogP contribution in [0.3, 0.4) is 0 Å². The quantitative estimate of drug-likeness (QED) is 0.564. The van der Waals surface area contributed by atoms with Gasteiger partial charge in [-0.05, 0) is 48.7 Å². The zero-order chi connectivity index (χ0) is 18.2. The third-order valence-corrected chi connectivity index (χ3v) is 4.05. The Labute approximate surface area is 158 Å². The third-order valence-electron chi connectivity index (χ3n) is 3.78. The van der Waals surface area contributed by atoms with Crippen molar-refractivity contribution in [2.45, 2.75) is 12.8 Å². The summed E-state index contributed by atoms with van der Waals surface area (Å²) in [7, 11) is 1.68. The maximum absolute atomic E-state index is 6.20. The van der Waals surface area contributed by atoms with Gasteiger partial charge in [-0.3, -0.25) is 0 Å². The summed E-state index contributed by atoms with van der Waals surface area (Å²) >= 11 is 6.20. The molecule has 1 radical (unpaired) electrons. The van der Waals surface area contributed by atoms with E-state index < -0.39 is 0 Å². The molecule has 0 unspecified atom stereocenters. The molecule has 0 fully saturated rings. The van der Waals surface area contributed by atoms with Crippen molar-refractivity contribution in [3.63, 3.8) is 0 Å². The van der Waals surface area contributed by atoms with Crippen LogP contribution < -0.4 is 15.4 Å². The molecule has 0 saturated carbocycles. The van der Waals surface area contributed by atoms with Crippen LogP contribution >= 0.6 is 11.6 Å². The zero-order valence-electron chi connectivity index (χ0n) is 14.5. The molecule has 0 aliphatic carbocycles. The van der Waals surface area contributed by atoms with Gasteiger partial charge in [0.15, 0.2) is 0 Å². The molecule has 6 heteroatoms. The van der Waals surface area contributed by atoms with Crippen LogP contribution in [-0.4, -0.2) is 23.6 Å². The highest BCUT2D eigenvalue weighted by atomic mass is 35.5. The molecular formula is C20H20ClN4O. The number of nitrogens with one attached hydrogen (secondary N) is 2. The summed E-state index contributed by atoms with van der Waals surface area (Å²) in [5.74, 6) is 1.99. The van der Waals surface area contributed by atoms with Gasteiger partial charge in [-0.1, -0.05) is 35.9 Å². The van der Waals surface area contributed by atoms with Gasteiger partial charge in [0.25, 0.3) is 0 Å². The van der Waals surface area contributed by atoms with Gasteiger partial charge in [0.05, 0.1) is 13.3 Å². The Morgan fingerprint density at radius 3 is 2.96 bits per heavy atom. The molecule has 1 aromatic heterocycles. The topological polar surface area (TPSA) is 59.1 Å². The van der Waals surface area contributed by atoms with Crippen LogP contribution in [0.4, 0.5) is 17.5 Å². The fourth-order valence-electron chi connectivity index (χ4n) is 2.48. The highest BCUT2D eigenvalue weighted by Gasteiger charge is 2.06. The Balaban J connectivity index is 1.54. The highest BCUT2D eigenvalue weighted by molar-refractivity contribution is 6.32. The molecule has 0 atom stereocenters. The van der Waals surface area contributed by atoms with Gasteiger partial charge in [0.2, 0.25) is 5.95 Å². The molecule has 5 nitrogen and oxygen atoms in total. The number of aryl methyl sites for hydroxylation is 1. The minimum Gasteiger partial charge on any atom is -0.497 e. The first-order chi connectivity index (χ1) is 12.7. The minimum atomic E-state index is 0.490. The standard InChI is InChI=1S/C20H20ClN4O/c1-26-17-11-5-7-15(13-17)8-6-12-22-19-18(21)14-23-20(25-19)24-16-9-3-2-4-10-16/h2-3,5,7,9-11,13-14H,6,8,12H2,1H3,(H2,22,23,24,25). The van der Waals surface area contributed by atoms with E-state index in [1.165, 1.54) is 5.56 Å². The molecule has 26 heavy (non-hydrogen) atoms. The van der Waals surface area contributed by atoms with Gasteiger partial charge in [-0.25, -0.2) is 4.98 Å². The lowest BCUT2D eigenvalue weighted by Crippen LogP contribution is -2.07. The third kappa shape index (κ3) is 5.10. The van der Waals surface area contributed by atoms with E-state index in [2.05, 4.69) is 38.8 Å². The monoisotopic (exact) mass is 367 g/mol. The summed E-state index contributed by atoms with van der Waals surface area (Å²) in [5, 5.41) is 6.91. The largest absolute Gasteiger partial charge is 0.497 e. The summed E-state index contributed by atoms with van der Waals surface area (Å²) in [5.41, 5.74) is 2.11. The molecule has 0 aliphatic rings. The molecule has 0 saturated heterocycles. The number of nitrogens with zero attached hydrogens (tertiary/aromatic N) is 2. The van der Waals surface area contributed by atoms with Crippen molar-refractivity contribution in [2.75, 3.05) is 24.3 Å². The van der Waals surface area contributed by atoms with E-state index >= 15 is 0 Å². The fourth-order valence-corrected chi connectivity index (χ4v) is 2.64. The molecule has 2 N–H and O–H groups in total. The zero-order valence-corrected chi connectivity index (χ0v) is 15.3. The highest BCUT2D eigenvalue weighted by Crippen LogP contribution is 2.21. The van der Waals surface area contributed by atoms with Crippen molar-refractivity contribution in [1.29, 1.82) is 0 Å². The second-order valence-corrected chi connectivity index (χ2v) is 6.10. The number of anilines is 3. The van der Waals surface area contributed by atoms with Crippen LogP contribution in [0.5, 0.6) is 5.75 Å². The van der Waals surface area contributed by atoms with Crippen molar-refractivity contribution >= 4 is 29.1 Å². The number of benzene rings is 2. The smallest absolute Gasteiger partial charge is 0.229 e. The molecule has 0 aliphatic heterocycles. The summed E-state index contributed by atoms with van der Waals surface area (Å²) in [4.78, 5) is 8.65. The first-order valence-corrected chi connectivity index (χ1v) is 8.75. The SMILES string of the molecule is COc1cccc(CCCNc2nc(Nc3c[c]ccc3)ncc2Cl)c1. The lowest BCUT2D eigenvalue weighted by molar-refractivity contribution is 0.414. The average Bonchev–Trinajstić information content (AvgIpc) is 2.68. The van der Waals surface area contributed by atoms with E-state index in [4.69, 9.17) is 16.3 Å². The normalized spacial score (nSPS) is 10.4. The van der Waals surface area contributed by atoms with Gasteiger partial charge in [-0.2, -0.15) is 4.98 Å². The minimum absolute atomic E-state index is 0.490. The van der Waals surface area contributed by atoms with Crippen molar-refractivity contribution < 1.29 is 4.74 Å². The molecule has 0 spiro atoms. The van der Waals surface area contributed by atoms with Gasteiger partial charge in [0.1, 0.15) is 16.6 Å². The fraction of sp³-hybridized carbons (Fsp3) is 0.200. The van der Waals surface area contributed by atoms with E-state index in [9.17, 15) is 0 Å². The average molecular weight is 368 g/mol. The maximum Gasteiger partial charge on any atom is 0.229 e. The summed E-state index contributed by atoms with van der Waals surface area (Å²) < 4.78 is 5.25. The number of methoxy groups -OCH3 is 1. The van der Waals surface area contributed by atoms with Gasteiger partial charge in [0, 0.05) is 12.2 Å². The summed E-state index contributed by atoms with van der Waals surface area (Å²) in [6.07, 6.45) is 3.48. The van der Waals surface area contributed by atoms with Crippen LogP contribution in [-0.2, 0) is 6.42 Å². The Kier molecular flexibility index (Phi) is 6.28. The maximum atomic E-state index is 6.20. The number of aromatic nitrogens is 2. The summed E-state index contributed by atoms with van der Waals surface area (Å²) in [6, 6.07) is 18.6. The van der Waals surface area contributed by atoms with Crippen LogP contribution in [0.2, 0.25) is 5.02 Å². The number of ether oxygens (including phenoxy) is 1. The number of halogens is 1. The van der Waals surface area contributed by atoms with Gasteiger partial charge < -0.3 is 15.4 Å². The molecule has 2 aromatic carbocycles. The van der Waals surface area contributed by atoms with Crippen molar-refractivity contribution in [3.8, 4) is 5.75 Å². The van der Waals surface area contributed by atoms with Crippen LogP contribution in [0.25, 0.3) is 0 Å². The first kappa shape index (κ1) is 18.0. The Morgan fingerprint density at radius 1 is 1.23 bits per heavy atom. The molecule has 3 aromatic rings. The lowest BCUT2D eigenvalue weighted by atomic mass is 10.1. The molecule has 133 valence electrons. The van der Waals surface area contributed by atoms with Crippen LogP contribution in [0, 0.1) is 6.07 Å². The Morgan fingerprint density at radius 2 is 2.15 bits per heavy atom. The predicted octanol–water partition coefficient (Wildman–Crippen LogP) is 4.73.